The second-order valence-electron chi connectivity index (χ2n) is 1.45. The Balaban J connectivity index is 3.04. The summed E-state index contributed by atoms with van der Waals surface area (Å²) in [7, 11) is 0. The Morgan fingerprint density at radius 2 is 2.29 bits per heavy atom. The van der Waals surface area contributed by atoms with Gasteiger partial charge in [0.05, 0.1) is 5.00 Å². The average molecular weight is 113 g/mol. The van der Waals surface area contributed by atoms with Gasteiger partial charge in [-0.15, -0.1) is 11.3 Å². The number of aryl methyl sites for hydroxylation is 1. The average Bonchev–Trinajstić information content (AvgIpc) is 1.87. The van der Waals surface area contributed by atoms with Gasteiger partial charge >= 0.3 is 0 Å². The van der Waals surface area contributed by atoms with Crippen molar-refractivity contribution in [2.24, 2.45) is 0 Å². The van der Waals surface area contributed by atoms with Crippen molar-refractivity contribution in [1.82, 2.24) is 0 Å². The van der Waals surface area contributed by atoms with Gasteiger partial charge < -0.3 is 5.73 Å². The summed E-state index contributed by atoms with van der Waals surface area (Å²) in [5.41, 5.74) is 5.40. The van der Waals surface area contributed by atoms with Gasteiger partial charge in [-0.3, -0.25) is 0 Å². The first kappa shape index (κ1) is 4.65. The molecule has 0 saturated heterocycles. The van der Waals surface area contributed by atoms with Crippen LogP contribution in [0.15, 0.2) is 12.1 Å². The highest BCUT2D eigenvalue weighted by Gasteiger charge is 1.85. The van der Waals surface area contributed by atoms with Crippen molar-refractivity contribution in [3.63, 3.8) is 0 Å². The molecule has 2 N–H and O–H groups in total. The van der Waals surface area contributed by atoms with Crippen LogP contribution in [0.3, 0.4) is 0 Å². The summed E-state index contributed by atoms with van der Waals surface area (Å²) in [4.78, 5) is 1.28. The minimum absolute atomic E-state index is 0.900. The predicted molar refractivity (Wildman–Crippen MR) is 33.5 cm³/mol. The Hall–Kier alpha value is -0.500. The number of hydrogen-bond acceptors (Lipinski definition) is 2. The minimum atomic E-state index is 0.900. The Kier molecular flexibility index (Phi) is 1.02. The van der Waals surface area contributed by atoms with Crippen LogP contribution in [-0.4, -0.2) is 0 Å². The van der Waals surface area contributed by atoms with Crippen molar-refractivity contribution in [3.8, 4) is 0 Å². The van der Waals surface area contributed by atoms with Gasteiger partial charge in [-0.25, -0.2) is 0 Å². The second kappa shape index (κ2) is 1.54. The van der Waals surface area contributed by atoms with Crippen LogP contribution in [0.2, 0.25) is 0 Å². The molecule has 1 heterocycles. The summed E-state index contributed by atoms with van der Waals surface area (Å²) in [6.45, 7) is 2.04. The lowest BCUT2D eigenvalue weighted by atomic mass is 10.5. The zero-order chi connectivity index (χ0) is 5.28. The van der Waals surface area contributed by atoms with Gasteiger partial charge in [-0.05, 0) is 19.1 Å². The largest absolute Gasteiger partial charge is 0.391 e. The molecule has 1 nitrogen and oxygen atoms in total. The van der Waals surface area contributed by atoms with Crippen molar-refractivity contribution in [2.75, 3.05) is 5.73 Å². The molecule has 0 aliphatic rings. The number of nitrogens with two attached hydrogens (primary N) is 1. The van der Waals surface area contributed by atoms with E-state index in [0.717, 1.165) is 5.00 Å². The molecule has 0 amide bonds. The molecule has 0 radical (unpaired) electrons. The molecule has 7 heavy (non-hydrogen) atoms. The maximum atomic E-state index is 5.40. The third kappa shape index (κ3) is 0.933. The molecule has 1 aromatic rings. The van der Waals surface area contributed by atoms with Crippen LogP contribution in [0.1, 0.15) is 4.88 Å². The van der Waals surface area contributed by atoms with E-state index >= 15 is 0 Å². The highest BCUT2D eigenvalue weighted by Crippen LogP contribution is 2.15. The predicted octanol–water partition coefficient (Wildman–Crippen LogP) is 1.64. The molecule has 0 saturated carbocycles. The van der Waals surface area contributed by atoms with Gasteiger partial charge in [0.2, 0.25) is 0 Å². The third-order valence-electron chi connectivity index (χ3n) is 0.761. The number of anilines is 1. The fourth-order valence-corrected chi connectivity index (χ4v) is 1.10. The van der Waals surface area contributed by atoms with Crippen molar-refractivity contribution >= 4 is 16.3 Å². The van der Waals surface area contributed by atoms with Crippen LogP contribution in [0.5, 0.6) is 0 Å². The van der Waals surface area contributed by atoms with Crippen LogP contribution >= 0.6 is 11.3 Å². The number of nitrogen functional groups attached to an aromatic ring is 1. The molecule has 2 heteroatoms. The van der Waals surface area contributed by atoms with E-state index < -0.39 is 0 Å². The smallest absolute Gasteiger partial charge is 0.0859 e. The summed E-state index contributed by atoms with van der Waals surface area (Å²) in [6.07, 6.45) is 0. The standard InChI is InChI=1S/C5H7NS/c1-4-2-3-5(6)7-4/h2-3H,6H2,1H3. The first-order valence-corrected chi connectivity index (χ1v) is 2.92. The van der Waals surface area contributed by atoms with Gasteiger partial charge in [0.1, 0.15) is 0 Å². The van der Waals surface area contributed by atoms with E-state index in [1.165, 1.54) is 4.88 Å². The SMILES string of the molecule is Cc1ccc(N)s1. The molecule has 38 valence electrons. The molecule has 0 aliphatic carbocycles. The molecule has 0 atom stereocenters. The van der Waals surface area contributed by atoms with Gasteiger partial charge in [0.25, 0.3) is 0 Å². The normalized spacial score (nSPS) is 9.29. The summed E-state index contributed by atoms with van der Waals surface area (Å²) >= 11 is 1.62. The fraction of sp³-hybridized carbons (Fsp3) is 0.200. The Morgan fingerprint density at radius 1 is 1.57 bits per heavy atom. The van der Waals surface area contributed by atoms with Gasteiger partial charge in [0.15, 0.2) is 0 Å². The number of rotatable bonds is 0. The van der Waals surface area contributed by atoms with E-state index in [4.69, 9.17) is 5.73 Å². The lowest BCUT2D eigenvalue weighted by molar-refractivity contribution is 1.64. The molecule has 0 spiro atoms. The van der Waals surface area contributed by atoms with E-state index in [-0.39, 0.29) is 0 Å². The third-order valence-corrected chi connectivity index (χ3v) is 1.59. The zero-order valence-electron chi connectivity index (χ0n) is 4.14. The van der Waals surface area contributed by atoms with E-state index in [0.29, 0.717) is 0 Å². The van der Waals surface area contributed by atoms with E-state index in [2.05, 4.69) is 0 Å². The van der Waals surface area contributed by atoms with Crippen LogP contribution in [0, 0.1) is 6.92 Å². The highest BCUT2D eigenvalue weighted by molar-refractivity contribution is 7.15. The molecular weight excluding hydrogens is 106 g/mol. The minimum Gasteiger partial charge on any atom is -0.391 e. The van der Waals surface area contributed by atoms with E-state index in [1.807, 2.05) is 19.1 Å². The Morgan fingerprint density at radius 3 is 2.43 bits per heavy atom. The first-order valence-electron chi connectivity index (χ1n) is 2.11. The van der Waals surface area contributed by atoms with Crippen LogP contribution < -0.4 is 5.73 Å². The molecule has 0 aliphatic heterocycles. The maximum absolute atomic E-state index is 5.40. The lowest BCUT2D eigenvalue weighted by Crippen LogP contribution is -1.72. The second-order valence-corrected chi connectivity index (χ2v) is 2.77. The summed E-state index contributed by atoms with van der Waals surface area (Å²) < 4.78 is 0. The lowest BCUT2D eigenvalue weighted by Gasteiger charge is -1.73. The van der Waals surface area contributed by atoms with Crippen LogP contribution in [0.4, 0.5) is 5.00 Å². The molecule has 0 bridgehead atoms. The van der Waals surface area contributed by atoms with Crippen molar-refractivity contribution in [3.05, 3.63) is 17.0 Å². The van der Waals surface area contributed by atoms with Crippen molar-refractivity contribution in [1.29, 1.82) is 0 Å². The summed E-state index contributed by atoms with van der Waals surface area (Å²) in [5.74, 6) is 0. The quantitative estimate of drug-likeness (QED) is 0.543. The van der Waals surface area contributed by atoms with Gasteiger partial charge in [-0.2, -0.15) is 0 Å². The Bertz CT molecular complexity index is 140. The zero-order valence-corrected chi connectivity index (χ0v) is 4.96. The van der Waals surface area contributed by atoms with Crippen LogP contribution in [0.25, 0.3) is 0 Å². The van der Waals surface area contributed by atoms with Crippen LogP contribution in [-0.2, 0) is 0 Å². The number of hydrogen-bond donors (Lipinski definition) is 1. The fourth-order valence-electron chi connectivity index (χ4n) is 0.453. The molecule has 0 aromatic carbocycles. The van der Waals surface area contributed by atoms with E-state index in [1.54, 1.807) is 11.3 Å². The molecule has 0 fully saturated rings. The maximum Gasteiger partial charge on any atom is 0.0859 e. The molecule has 0 unspecified atom stereocenters. The molecular formula is C5H7NS. The summed E-state index contributed by atoms with van der Waals surface area (Å²) in [6, 6.07) is 3.93. The molecule has 1 rings (SSSR count). The Labute approximate surface area is 46.8 Å². The number of thiophene rings is 1. The van der Waals surface area contributed by atoms with Crippen molar-refractivity contribution < 1.29 is 0 Å². The van der Waals surface area contributed by atoms with Gasteiger partial charge in [-0.1, -0.05) is 0 Å². The van der Waals surface area contributed by atoms with E-state index in [9.17, 15) is 0 Å². The van der Waals surface area contributed by atoms with Gasteiger partial charge in [0, 0.05) is 4.88 Å². The first-order chi connectivity index (χ1) is 3.29. The monoisotopic (exact) mass is 113 g/mol. The van der Waals surface area contributed by atoms with Crippen molar-refractivity contribution in [2.45, 2.75) is 6.92 Å². The topological polar surface area (TPSA) is 26.0 Å². The summed E-state index contributed by atoms with van der Waals surface area (Å²) in [5, 5.41) is 0.900. The highest BCUT2D eigenvalue weighted by atomic mass is 32.1. The molecule has 1 aromatic heterocycles.